The molecule has 0 fully saturated rings. The molecule has 0 saturated heterocycles. The van der Waals surface area contributed by atoms with Crippen LogP contribution in [0.4, 0.5) is 5.95 Å². The van der Waals surface area contributed by atoms with Gasteiger partial charge in [-0.1, -0.05) is 23.7 Å². The van der Waals surface area contributed by atoms with Crippen LogP contribution in [0.25, 0.3) is 5.78 Å². The average Bonchev–Trinajstić information content (AvgIpc) is 2.80. The first-order chi connectivity index (χ1) is 9.56. The Kier molecular flexibility index (Phi) is 3.03. The van der Waals surface area contributed by atoms with Crippen LogP contribution >= 0.6 is 11.6 Å². The normalized spacial score (nSPS) is 11.7. The second-order valence-corrected chi connectivity index (χ2v) is 5.89. The standard InChI is InChI=1S/C11H8ClN5O2S/c12-8-4-1-2-5-9(8)20(18,19)16-10-14-11-13-6-3-7-17(11)15-10/h1-7H,(H,15,16). The van der Waals surface area contributed by atoms with Crippen molar-refractivity contribution in [1.82, 2.24) is 19.6 Å². The second-order valence-electron chi connectivity index (χ2n) is 3.84. The zero-order valence-corrected chi connectivity index (χ0v) is 11.5. The van der Waals surface area contributed by atoms with Gasteiger partial charge >= 0.3 is 0 Å². The third kappa shape index (κ3) is 2.30. The number of hydrogen-bond donors (Lipinski definition) is 1. The summed E-state index contributed by atoms with van der Waals surface area (Å²) in [5.74, 6) is 0.230. The number of aromatic nitrogens is 4. The van der Waals surface area contributed by atoms with Crippen LogP contribution in [0.5, 0.6) is 0 Å². The van der Waals surface area contributed by atoms with E-state index < -0.39 is 10.0 Å². The van der Waals surface area contributed by atoms with Gasteiger partial charge < -0.3 is 0 Å². The maximum atomic E-state index is 12.2. The summed E-state index contributed by atoms with van der Waals surface area (Å²) in [5.41, 5.74) is 0. The molecule has 0 spiro atoms. The summed E-state index contributed by atoms with van der Waals surface area (Å²) in [6.07, 6.45) is 3.15. The van der Waals surface area contributed by atoms with Gasteiger partial charge in [-0.2, -0.15) is 4.98 Å². The Morgan fingerprint density at radius 3 is 2.75 bits per heavy atom. The first kappa shape index (κ1) is 12.8. The van der Waals surface area contributed by atoms with Gasteiger partial charge in [0.15, 0.2) is 0 Å². The maximum Gasteiger partial charge on any atom is 0.265 e. The molecule has 0 saturated carbocycles. The average molecular weight is 310 g/mol. The van der Waals surface area contributed by atoms with Gasteiger partial charge in [0.25, 0.3) is 21.7 Å². The molecule has 0 aliphatic rings. The van der Waals surface area contributed by atoms with Crippen LogP contribution in [0, 0.1) is 0 Å². The van der Waals surface area contributed by atoms with Gasteiger partial charge in [0.05, 0.1) is 5.02 Å². The highest BCUT2D eigenvalue weighted by atomic mass is 35.5. The molecule has 1 aromatic carbocycles. The van der Waals surface area contributed by atoms with Crippen LogP contribution in [0.1, 0.15) is 0 Å². The van der Waals surface area contributed by atoms with E-state index in [-0.39, 0.29) is 15.9 Å². The Morgan fingerprint density at radius 2 is 2.00 bits per heavy atom. The summed E-state index contributed by atoms with van der Waals surface area (Å²) < 4.78 is 28.0. The van der Waals surface area contributed by atoms with Crippen LogP contribution in [-0.4, -0.2) is 28.0 Å². The summed E-state index contributed by atoms with van der Waals surface area (Å²) in [4.78, 5) is 7.88. The number of rotatable bonds is 3. The minimum absolute atomic E-state index is 0.0338. The van der Waals surface area contributed by atoms with E-state index in [4.69, 9.17) is 11.6 Å². The predicted molar refractivity (Wildman–Crippen MR) is 73.0 cm³/mol. The van der Waals surface area contributed by atoms with E-state index in [9.17, 15) is 8.42 Å². The molecule has 1 N–H and O–H groups in total. The third-order valence-electron chi connectivity index (χ3n) is 2.47. The van der Waals surface area contributed by atoms with Crippen LogP contribution in [0.15, 0.2) is 47.6 Å². The van der Waals surface area contributed by atoms with Gasteiger partial charge in [0.1, 0.15) is 4.90 Å². The van der Waals surface area contributed by atoms with E-state index in [0.717, 1.165) is 0 Å². The molecule has 0 aliphatic heterocycles. The van der Waals surface area contributed by atoms with Gasteiger partial charge in [-0.15, -0.1) is 5.10 Å². The molecule has 3 rings (SSSR count). The molecule has 0 atom stereocenters. The summed E-state index contributed by atoms with van der Waals surface area (Å²) in [6, 6.07) is 7.79. The van der Waals surface area contributed by atoms with Crippen LogP contribution in [-0.2, 0) is 10.0 Å². The van der Waals surface area contributed by atoms with Crippen molar-refractivity contribution in [2.45, 2.75) is 4.90 Å². The lowest BCUT2D eigenvalue weighted by atomic mass is 10.4. The first-order valence-electron chi connectivity index (χ1n) is 5.51. The highest BCUT2D eigenvalue weighted by molar-refractivity contribution is 7.92. The number of fused-ring (bicyclic) bond motifs is 1. The van der Waals surface area contributed by atoms with Crippen molar-refractivity contribution in [1.29, 1.82) is 0 Å². The third-order valence-corrected chi connectivity index (χ3v) is 4.30. The lowest BCUT2D eigenvalue weighted by molar-refractivity contribution is 0.601. The highest BCUT2D eigenvalue weighted by Gasteiger charge is 2.19. The Labute approximate surface area is 119 Å². The van der Waals surface area contributed by atoms with Crippen molar-refractivity contribution in [2.75, 3.05) is 4.72 Å². The lowest BCUT2D eigenvalue weighted by Gasteiger charge is -2.05. The summed E-state index contributed by atoms with van der Waals surface area (Å²) in [5, 5.41) is 4.09. The highest BCUT2D eigenvalue weighted by Crippen LogP contribution is 2.22. The zero-order chi connectivity index (χ0) is 14.2. The molecular formula is C11H8ClN5O2S. The van der Waals surface area contributed by atoms with E-state index >= 15 is 0 Å². The number of sulfonamides is 1. The predicted octanol–water partition coefficient (Wildman–Crippen LogP) is 1.58. The molecule has 102 valence electrons. The summed E-state index contributed by atoms with van der Waals surface area (Å²) in [6.45, 7) is 0. The largest absolute Gasteiger partial charge is 0.265 e. The van der Waals surface area contributed by atoms with Crippen molar-refractivity contribution >= 4 is 33.4 Å². The molecule has 2 aromatic heterocycles. The van der Waals surface area contributed by atoms with Crippen LogP contribution in [0.2, 0.25) is 5.02 Å². The molecule has 0 radical (unpaired) electrons. The van der Waals surface area contributed by atoms with Gasteiger partial charge in [0, 0.05) is 12.4 Å². The molecule has 0 unspecified atom stereocenters. The lowest BCUT2D eigenvalue weighted by Crippen LogP contribution is -2.14. The van der Waals surface area contributed by atoms with E-state index in [2.05, 4.69) is 19.8 Å². The molecule has 9 heteroatoms. The van der Waals surface area contributed by atoms with Crippen molar-refractivity contribution in [2.24, 2.45) is 0 Å². The van der Waals surface area contributed by atoms with Gasteiger partial charge in [-0.25, -0.2) is 22.6 Å². The second kappa shape index (κ2) is 4.73. The van der Waals surface area contributed by atoms with Crippen molar-refractivity contribution < 1.29 is 8.42 Å². The van der Waals surface area contributed by atoms with Crippen LogP contribution < -0.4 is 4.72 Å². The van der Waals surface area contributed by atoms with E-state index in [1.165, 1.54) is 22.8 Å². The molecule has 0 amide bonds. The Hall–Kier alpha value is -2.19. The number of halogens is 1. The number of hydrogen-bond acceptors (Lipinski definition) is 5. The molecule has 7 nitrogen and oxygen atoms in total. The summed E-state index contributed by atoms with van der Waals surface area (Å²) in [7, 11) is -3.84. The van der Waals surface area contributed by atoms with E-state index in [1.807, 2.05) is 0 Å². The molecule has 2 heterocycles. The molecule has 0 bridgehead atoms. The summed E-state index contributed by atoms with van der Waals surface area (Å²) >= 11 is 5.88. The van der Waals surface area contributed by atoms with E-state index in [1.54, 1.807) is 24.4 Å². The van der Waals surface area contributed by atoms with Gasteiger partial charge in [-0.3, -0.25) is 0 Å². The Balaban J connectivity index is 1.99. The fourth-order valence-electron chi connectivity index (χ4n) is 1.61. The fraction of sp³-hybridized carbons (Fsp3) is 0. The monoisotopic (exact) mass is 309 g/mol. The minimum atomic E-state index is -3.84. The van der Waals surface area contributed by atoms with Crippen molar-refractivity contribution in [3.8, 4) is 0 Å². The molecular weight excluding hydrogens is 302 g/mol. The Morgan fingerprint density at radius 1 is 1.20 bits per heavy atom. The Bertz CT molecular complexity index is 844. The van der Waals surface area contributed by atoms with E-state index in [0.29, 0.717) is 5.78 Å². The first-order valence-corrected chi connectivity index (χ1v) is 7.37. The van der Waals surface area contributed by atoms with Gasteiger partial charge in [-0.05, 0) is 18.2 Å². The molecule has 3 aromatic rings. The van der Waals surface area contributed by atoms with Crippen LogP contribution in [0.3, 0.4) is 0 Å². The number of nitrogens with one attached hydrogen (secondary N) is 1. The SMILES string of the molecule is O=S(=O)(Nc1nc2ncccn2n1)c1ccccc1Cl. The fourth-order valence-corrected chi connectivity index (χ4v) is 3.07. The van der Waals surface area contributed by atoms with Gasteiger partial charge in [0.2, 0.25) is 0 Å². The van der Waals surface area contributed by atoms with Crippen molar-refractivity contribution in [3.63, 3.8) is 0 Å². The number of anilines is 1. The molecule has 20 heavy (non-hydrogen) atoms. The molecule has 0 aliphatic carbocycles. The smallest absolute Gasteiger partial charge is 0.246 e. The topological polar surface area (TPSA) is 89.2 Å². The quantitative estimate of drug-likeness (QED) is 0.793. The number of nitrogens with zero attached hydrogens (tertiary/aromatic N) is 4. The maximum absolute atomic E-state index is 12.2. The minimum Gasteiger partial charge on any atom is -0.246 e. The van der Waals surface area contributed by atoms with Crippen molar-refractivity contribution in [3.05, 3.63) is 47.7 Å². The zero-order valence-electron chi connectivity index (χ0n) is 9.93. The number of benzene rings is 1.